The average Bonchev–Trinajstić information content (AvgIpc) is 3.02. The molecule has 0 aliphatic heterocycles. The van der Waals surface area contributed by atoms with Crippen LogP contribution in [-0.2, 0) is 17.1 Å². The van der Waals surface area contributed by atoms with Crippen molar-refractivity contribution in [3.8, 4) is 0 Å². The van der Waals surface area contributed by atoms with E-state index in [-0.39, 0.29) is 15.3 Å². The third-order valence-corrected chi connectivity index (χ3v) is 6.12. The summed E-state index contributed by atoms with van der Waals surface area (Å²) in [4.78, 5) is 10.9. The maximum atomic E-state index is 12.1. The standard InChI is InChI=1S/C11H16N2O4S2/c1-13-6-8(5-9(13)10(14)15)19(16,17)12-7-11(18-2)3-4-11/h5-6,12H,3-4,7H2,1-2H3,(H,14,15). The number of thioether (sulfide) groups is 1. The molecule has 1 aliphatic carbocycles. The molecule has 0 bridgehead atoms. The number of hydrogen-bond acceptors (Lipinski definition) is 4. The molecule has 0 radical (unpaired) electrons. The summed E-state index contributed by atoms with van der Waals surface area (Å²) in [6, 6.07) is 1.17. The first-order valence-electron chi connectivity index (χ1n) is 5.74. The van der Waals surface area contributed by atoms with E-state index < -0.39 is 16.0 Å². The van der Waals surface area contributed by atoms with Gasteiger partial charge in [0.1, 0.15) is 10.6 Å². The van der Waals surface area contributed by atoms with Gasteiger partial charge in [0.25, 0.3) is 0 Å². The van der Waals surface area contributed by atoms with Gasteiger partial charge in [-0.15, -0.1) is 0 Å². The van der Waals surface area contributed by atoms with Crippen molar-refractivity contribution in [2.45, 2.75) is 22.5 Å². The van der Waals surface area contributed by atoms with Crippen molar-refractivity contribution in [2.24, 2.45) is 7.05 Å². The Morgan fingerprint density at radius 2 is 2.21 bits per heavy atom. The predicted molar refractivity (Wildman–Crippen MR) is 73.0 cm³/mol. The summed E-state index contributed by atoms with van der Waals surface area (Å²) in [7, 11) is -2.14. The summed E-state index contributed by atoms with van der Waals surface area (Å²) in [5.41, 5.74) is -0.0497. The predicted octanol–water partition coefficient (Wildman–Crippen LogP) is 0.897. The second-order valence-electron chi connectivity index (χ2n) is 4.69. The van der Waals surface area contributed by atoms with Gasteiger partial charge in [0.15, 0.2) is 0 Å². The minimum absolute atomic E-state index is 0.00990. The Balaban J connectivity index is 2.15. The number of aromatic carboxylic acids is 1. The Hall–Kier alpha value is -0.990. The van der Waals surface area contributed by atoms with Gasteiger partial charge in [0.2, 0.25) is 10.0 Å². The number of hydrogen-bond donors (Lipinski definition) is 2. The van der Waals surface area contributed by atoms with Gasteiger partial charge in [-0.3, -0.25) is 0 Å². The summed E-state index contributed by atoms with van der Waals surface area (Å²) in [5, 5.41) is 8.91. The van der Waals surface area contributed by atoms with Crippen molar-refractivity contribution in [1.82, 2.24) is 9.29 Å². The number of nitrogens with zero attached hydrogens (tertiary/aromatic N) is 1. The zero-order valence-electron chi connectivity index (χ0n) is 10.7. The van der Waals surface area contributed by atoms with Crippen molar-refractivity contribution in [3.05, 3.63) is 18.0 Å². The number of carboxylic acids is 1. The van der Waals surface area contributed by atoms with Crippen LogP contribution in [-0.4, -0.2) is 41.6 Å². The van der Waals surface area contributed by atoms with Crippen LogP contribution in [0.2, 0.25) is 0 Å². The number of rotatable bonds is 6. The van der Waals surface area contributed by atoms with Gasteiger partial charge in [0, 0.05) is 24.5 Å². The van der Waals surface area contributed by atoms with Crippen molar-refractivity contribution in [3.63, 3.8) is 0 Å². The Kier molecular flexibility index (Phi) is 3.67. The Morgan fingerprint density at radius 1 is 1.58 bits per heavy atom. The van der Waals surface area contributed by atoms with Crippen molar-refractivity contribution < 1.29 is 18.3 Å². The summed E-state index contributed by atoms with van der Waals surface area (Å²) in [6.07, 6.45) is 5.29. The zero-order chi connectivity index (χ0) is 14.3. The summed E-state index contributed by atoms with van der Waals surface area (Å²) in [6.45, 7) is 0.383. The molecule has 1 heterocycles. The van der Waals surface area contributed by atoms with E-state index in [1.54, 1.807) is 11.8 Å². The quantitative estimate of drug-likeness (QED) is 0.815. The molecule has 1 saturated carbocycles. The topological polar surface area (TPSA) is 88.4 Å². The molecule has 2 N–H and O–H groups in total. The summed E-state index contributed by atoms with van der Waals surface area (Å²) < 4.78 is 28.0. The molecule has 1 aliphatic rings. The molecule has 0 amide bonds. The van der Waals surface area contributed by atoms with Crippen LogP contribution in [0.15, 0.2) is 17.2 Å². The normalized spacial score (nSPS) is 17.4. The van der Waals surface area contributed by atoms with E-state index in [0.717, 1.165) is 12.8 Å². The molecule has 1 aromatic heterocycles. The lowest BCUT2D eigenvalue weighted by Crippen LogP contribution is -2.31. The molecule has 2 rings (SSSR count). The Bertz CT molecular complexity index is 602. The van der Waals surface area contributed by atoms with Crippen molar-refractivity contribution >= 4 is 27.8 Å². The molecule has 0 saturated heterocycles. The number of sulfonamides is 1. The molecule has 19 heavy (non-hydrogen) atoms. The van der Waals surface area contributed by atoms with E-state index in [9.17, 15) is 13.2 Å². The van der Waals surface area contributed by atoms with Crippen LogP contribution in [0, 0.1) is 0 Å². The first-order chi connectivity index (χ1) is 8.80. The number of carboxylic acid groups (broad SMARTS) is 1. The van der Waals surface area contributed by atoms with E-state index in [2.05, 4.69) is 4.72 Å². The number of aromatic nitrogens is 1. The van der Waals surface area contributed by atoms with Gasteiger partial charge < -0.3 is 9.67 Å². The number of carbonyl (C=O) groups is 1. The van der Waals surface area contributed by atoms with Gasteiger partial charge in [-0.2, -0.15) is 11.8 Å². The monoisotopic (exact) mass is 304 g/mol. The number of aryl methyl sites for hydroxylation is 1. The second kappa shape index (κ2) is 4.84. The average molecular weight is 304 g/mol. The second-order valence-corrected chi connectivity index (χ2v) is 7.73. The Morgan fingerprint density at radius 3 is 2.63 bits per heavy atom. The fourth-order valence-corrected chi connectivity index (χ4v) is 3.81. The third-order valence-electron chi connectivity index (χ3n) is 3.33. The van der Waals surface area contributed by atoms with Crippen molar-refractivity contribution in [1.29, 1.82) is 0 Å². The molecule has 0 atom stereocenters. The molecular formula is C11H16N2O4S2. The van der Waals surface area contributed by atoms with Gasteiger partial charge >= 0.3 is 5.97 Å². The smallest absolute Gasteiger partial charge is 0.352 e. The van der Waals surface area contributed by atoms with Crippen LogP contribution < -0.4 is 4.72 Å². The first kappa shape index (κ1) is 14.4. The highest BCUT2D eigenvalue weighted by Gasteiger charge is 2.42. The van der Waals surface area contributed by atoms with Gasteiger partial charge in [-0.05, 0) is 25.2 Å². The highest BCUT2D eigenvalue weighted by molar-refractivity contribution is 8.00. The van der Waals surface area contributed by atoms with Crippen LogP contribution in [0.3, 0.4) is 0 Å². The minimum atomic E-state index is -3.65. The number of nitrogens with one attached hydrogen (secondary N) is 1. The molecule has 0 aromatic carbocycles. The van der Waals surface area contributed by atoms with Gasteiger partial charge in [-0.1, -0.05) is 0 Å². The van der Waals surface area contributed by atoms with Crippen LogP contribution in [0.1, 0.15) is 23.3 Å². The highest BCUT2D eigenvalue weighted by atomic mass is 32.2. The molecule has 1 aromatic rings. The molecule has 6 nitrogen and oxygen atoms in total. The van der Waals surface area contributed by atoms with E-state index in [0.29, 0.717) is 6.54 Å². The molecule has 0 spiro atoms. The molecular weight excluding hydrogens is 288 g/mol. The van der Waals surface area contributed by atoms with Gasteiger partial charge in [-0.25, -0.2) is 17.9 Å². The van der Waals surface area contributed by atoms with E-state index in [1.165, 1.54) is 23.9 Å². The lowest BCUT2D eigenvalue weighted by molar-refractivity contribution is 0.0686. The Labute approximate surface area is 116 Å². The maximum Gasteiger partial charge on any atom is 0.352 e. The maximum absolute atomic E-state index is 12.1. The zero-order valence-corrected chi connectivity index (χ0v) is 12.3. The molecule has 106 valence electrons. The molecule has 8 heteroatoms. The van der Waals surface area contributed by atoms with Crippen molar-refractivity contribution in [2.75, 3.05) is 12.8 Å². The highest BCUT2D eigenvalue weighted by Crippen LogP contribution is 2.46. The third kappa shape index (κ3) is 2.96. The first-order valence-corrected chi connectivity index (χ1v) is 8.45. The van der Waals surface area contributed by atoms with Crippen LogP contribution in [0.4, 0.5) is 0 Å². The van der Waals surface area contributed by atoms with Crippen LogP contribution in [0.25, 0.3) is 0 Å². The fraction of sp³-hybridized carbons (Fsp3) is 0.545. The lowest BCUT2D eigenvalue weighted by atomic mass is 10.4. The molecule has 0 unspecified atom stereocenters. The minimum Gasteiger partial charge on any atom is -0.477 e. The van der Waals surface area contributed by atoms with Gasteiger partial charge in [0.05, 0.1) is 0 Å². The van der Waals surface area contributed by atoms with Crippen LogP contribution in [0.5, 0.6) is 0 Å². The van der Waals surface area contributed by atoms with E-state index >= 15 is 0 Å². The largest absolute Gasteiger partial charge is 0.477 e. The SMILES string of the molecule is CSC1(CNS(=O)(=O)c2cc(C(=O)O)n(C)c2)CC1. The van der Waals surface area contributed by atoms with E-state index in [1.807, 2.05) is 6.26 Å². The summed E-state index contributed by atoms with van der Waals surface area (Å²) in [5.74, 6) is -1.15. The van der Waals surface area contributed by atoms with Crippen LogP contribution >= 0.6 is 11.8 Å². The van der Waals surface area contributed by atoms with E-state index in [4.69, 9.17) is 5.11 Å². The molecule has 1 fully saturated rings. The summed E-state index contributed by atoms with van der Waals surface area (Å²) >= 11 is 1.66. The lowest BCUT2D eigenvalue weighted by Gasteiger charge is -2.12. The fourth-order valence-electron chi connectivity index (χ4n) is 1.80.